The number of phenols is 1. The number of rotatable bonds is 7. The second-order valence-electron chi connectivity index (χ2n) is 7.76. The Balaban J connectivity index is 1.34. The predicted molar refractivity (Wildman–Crippen MR) is 119 cm³/mol. The molecule has 0 saturated carbocycles. The molecule has 0 aromatic heterocycles. The van der Waals surface area contributed by atoms with E-state index in [1.165, 1.54) is 11.0 Å². The SMILES string of the molecule is O=C(NCCCOc1ccccc1F)C1CCCN1C(=O)c1ccc2ccccc2c1O. The number of nitrogens with one attached hydrogen (secondary N) is 1. The Bertz CT molecular complexity index is 1130. The third-order valence-electron chi connectivity index (χ3n) is 5.66. The first-order valence-corrected chi connectivity index (χ1v) is 10.7. The molecular weight excluding hydrogens is 411 g/mol. The molecule has 1 heterocycles. The standard InChI is InChI=1S/C25H25FN2O4/c26-20-9-3-4-11-22(20)32-16-6-14-27-24(30)21-10-5-15-28(21)25(31)19-13-12-17-7-1-2-8-18(17)23(19)29/h1-4,7-9,11-13,21,29H,5-6,10,14-16H2,(H,27,30). The zero-order valence-electron chi connectivity index (χ0n) is 17.6. The maximum Gasteiger partial charge on any atom is 0.258 e. The van der Waals surface area contributed by atoms with Crippen molar-refractivity contribution in [3.05, 3.63) is 72.0 Å². The average molecular weight is 436 g/mol. The number of hydrogen-bond acceptors (Lipinski definition) is 4. The highest BCUT2D eigenvalue weighted by Gasteiger charge is 2.35. The number of fused-ring (bicyclic) bond motifs is 1. The van der Waals surface area contributed by atoms with Gasteiger partial charge in [-0.2, -0.15) is 0 Å². The van der Waals surface area contributed by atoms with Gasteiger partial charge in [0.25, 0.3) is 5.91 Å². The van der Waals surface area contributed by atoms with Gasteiger partial charge in [0.05, 0.1) is 12.2 Å². The second kappa shape index (κ2) is 9.68. The number of carbonyl (C=O) groups excluding carboxylic acids is 2. The van der Waals surface area contributed by atoms with Crippen LogP contribution in [0.4, 0.5) is 4.39 Å². The fraction of sp³-hybridized carbons (Fsp3) is 0.280. The maximum absolute atomic E-state index is 13.6. The highest BCUT2D eigenvalue weighted by atomic mass is 19.1. The lowest BCUT2D eigenvalue weighted by atomic mass is 10.0. The highest BCUT2D eigenvalue weighted by molar-refractivity contribution is 6.05. The number of para-hydroxylation sites is 1. The molecule has 1 aliphatic heterocycles. The lowest BCUT2D eigenvalue weighted by Crippen LogP contribution is -2.46. The Morgan fingerprint density at radius 1 is 1.09 bits per heavy atom. The summed E-state index contributed by atoms with van der Waals surface area (Å²) in [4.78, 5) is 27.4. The van der Waals surface area contributed by atoms with E-state index in [4.69, 9.17) is 4.74 Å². The fourth-order valence-corrected chi connectivity index (χ4v) is 4.01. The molecule has 166 valence electrons. The smallest absolute Gasteiger partial charge is 0.258 e. The molecule has 0 radical (unpaired) electrons. The van der Waals surface area contributed by atoms with Crippen LogP contribution in [0.2, 0.25) is 0 Å². The molecular formula is C25H25FN2O4. The molecule has 1 saturated heterocycles. The van der Waals surface area contributed by atoms with Crippen molar-refractivity contribution in [1.29, 1.82) is 0 Å². The number of halogens is 1. The van der Waals surface area contributed by atoms with Crippen LogP contribution in [0.5, 0.6) is 11.5 Å². The Kier molecular flexibility index (Phi) is 6.54. The molecule has 1 unspecified atom stereocenters. The third kappa shape index (κ3) is 4.51. The number of benzene rings is 3. The summed E-state index contributed by atoms with van der Waals surface area (Å²) in [6, 6.07) is 16.3. The van der Waals surface area contributed by atoms with Crippen molar-refractivity contribution in [3.63, 3.8) is 0 Å². The normalized spacial score (nSPS) is 15.7. The Morgan fingerprint density at radius 2 is 1.88 bits per heavy atom. The Hall–Kier alpha value is -3.61. The van der Waals surface area contributed by atoms with Gasteiger partial charge in [-0.3, -0.25) is 9.59 Å². The minimum absolute atomic E-state index is 0.0653. The first-order chi connectivity index (χ1) is 15.6. The first-order valence-electron chi connectivity index (χ1n) is 10.7. The summed E-state index contributed by atoms with van der Waals surface area (Å²) < 4.78 is 18.9. The number of likely N-dealkylation sites (tertiary alicyclic amines) is 1. The third-order valence-corrected chi connectivity index (χ3v) is 5.66. The summed E-state index contributed by atoms with van der Waals surface area (Å²) in [7, 11) is 0. The number of nitrogens with zero attached hydrogens (tertiary/aromatic N) is 1. The first kappa shape index (κ1) is 21.6. The average Bonchev–Trinajstić information content (AvgIpc) is 3.30. The van der Waals surface area contributed by atoms with Gasteiger partial charge in [-0.15, -0.1) is 0 Å². The van der Waals surface area contributed by atoms with E-state index in [0.29, 0.717) is 37.7 Å². The van der Waals surface area contributed by atoms with Crippen molar-refractivity contribution < 1.29 is 23.8 Å². The van der Waals surface area contributed by atoms with Crippen molar-refractivity contribution in [2.75, 3.05) is 19.7 Å². The second-order valence-corrected chi connectivity index (χ2v) is 7.76. The summed E-state index contributed by atoms with van der Waals surface area (Å²) in [5.41, 5.74) is 0.196. The van der Waals surface area contributed by atoms with Crippen LogP contribution in [-0.2, 0) is 4.79 Å². The summed E-state index contributed by atoms with van der Waals surface area (Å²) >= 11 is 0. The van der Waals surface area contributed by atoms with Crippen LogP contribution in [0.1, 0.15) is 29.6 Å². The molecule has 4 rings (SSSR count). The molecule has 1 atom stereocenters. The lowest BCUT2D eigenvalue weighted by molar-refractivity contribution is -0.124. The van der Waals surface area contributed by atoms with Gasteiger partial charge in [-0.25, -0.2) is 4.39 Å². The molecule has 1 fully saturated rings. The van der Waals surface area contributed by atoms with Gasteiger partial charge in [-0.1, -0.05) is 42.5 Å². The molecule has 32 heavy (non-hydrogen) atoms. The van der Waals surface area contributed by atoms with E-state index >= 15 is 0 Å². The van der Waals surface area contributed by atoms with Crippen LogP contribution in [0.3, 0.4) is 0 Å². The van der Waals surface area contributed by atoms with E-state index in [1.807, 2.05) is 12.1 Å². The summed E-state index contributed by atoms with van der Waals surface area (Å²) in [6.45, 7) is 1.08. The number of amides is 2. The van der Waals surface area contributed by atoms with Crippen molar-refractivity contribution in [1.82, 2.24) is 10.2 Å². The van der Waals surface area contributed by atoms with E-state index in [9.17, 15) is 19.1 Å². The molecule has 1 aliphatic rings. The Labute approximate surface area is 185 Å². The van der Waals surface area contributed by atoms with Crippen LogP contribution < -0.4 is 10.1 Å². The molecule has 0 bridgehead atoms. The minimum Gasteiger partial charge on any atom is -0.506 e. The van der Waals surface area contributed by atoms with Gasteiger partial charge in [0.1, 0.15) is 11.8 Å². The molecule has 3 aromatic rings. The van der Waals surface area contributed by atoms with Crippen molar-refractivity contribution in [3.8, 4) is 11.5 Å². The zero-order valence-corrected chi connectivity index (χ0v) is 17.6. The van der Waals surface area contributed by atoms with Gasteiger partial charge in [0.2, 0.25) is 5.91 Å². The van der Waals surface area contributed by atoms with Gasteiger partial charge in [-0.05, 0) is 42.8 Å². The van der Waals surface area contributed by atoms with Crippen LogP contribution >= 0.6 is 0 Å². The van der Waals surface area contributed by atoms with Gasteiger partial charge < -0.3 is 20.1 Å². The van der Waals surface area contributed by atoms with Crippen molar-refractivity contribution >= 4 is 22.6 Å². The highest BCUT2D eigenvalue weighted by Crippen LogP contribution is 2.31. The number of phenolic OH excluding ortho intramolecular Hbond substituents is 1. The van der Waals surface area contributed by atoms with Crippen LogP contribution in [0, 0.1) is 5.82 Å². The largest absolute Gasteiger partial charge is 0.506 e. The number of ether oxygens (including phenoxy) is 1. The van der Waals surface area contributed by atoms with Gasteiger partial charge in [0.15, 0.2) is 11.6 Å². The van der Waals surface area contributed by atoms with Gasteiger partial charge in [0, 0.05) is 18.5 Å². The zero-order chi connectivity index (χ0) is 22.5. The summed E-state index contributed by atoms with van der Waals surface area (Å²) in [6.07, 6.45) is 1.79. The number of hydrogen-bond donors (Lipinski definition) is 2. The van der Waals surface area contributed by atoms with Crippen LogP contribution in [0.15, 0.2) is 60.7 Å². The van der Waals surface area contributed by atoms with E-state index in [-0.39, 0.29) is 35.5 Å². The van der Waals surface area contributed by atoms with E-state index in [1.54, 1.807) is 42.5 Å². The summed E-state index contributed by atoms with van der Waals surface area (Å²) in [5.74, 6) is -0.893. The van der Waals surface area contributed by atoms with Gasteiger partial charge >= 0.3 is 0 Å². The molecule has 6 nitrogen and oxygen atoms in total. The molecule has 0 spiro atoms. The number of carbonyl (C=O) groups is 2. The van der Waals surface area contributed by atoms with Crippen LogP contribution in [0.25, 0.3) is 10.8 Å². The minimum atomic E-state index is -0.583. The van der Waals surface area contributed by atoms with Crippen LogP contribution in [-0.4, -0.2) is 47.6 Å². The molecule has 2 amide bonds. The van der Waals surface area contributed by atoms with Crippen molar-refractivity contribution in [2.24, 2.45) is 0 Å². The molecule has 0 aliphatic carbocycles. The monoisotopic (exact) mass is 436 g/mol. The van der Waals surface area contributed by atoms with Crippen molar-refractivity contribution in [2.45, 2.75) is 25.3 Å². The van der Waals surface area contributed by atoms with E-state index in [2.05, 4.69) is 5.32 Å². The molecule has 3 aromatic carbocycles. The molecule has 7 heteroatoms. The summed E-state index contributed by atoms with van der Waals surface area (Å²) in [5, 5.41) is 14.9. The van der Waals surface area contributed by atoms with E-state index in [0.717, 1.165) is 5.39 Å². The Morgan fingerprint density at radius 3 is 2.72 bits per heavy atom. The fourth-order valence-electron chi connectivity index (χ4n) is 4.01. The maximum atomic E-state index is 13.6. The lowest BCUT2D eigenvalue weighted by Gasteiger charge is -2.24. The number of aromatic hydroxyl groups is 1. The quantitative estimate of drug-likeness (QED) is 0.551. The topological polar surface area (TPSA) is 78.9 Å². The molecule has 2 N–H and O–H groups in total. The predicted octanol–water partition coefficient (Wildman–Crippen LogP) is 3.87. The van der Waals surface area contributed by atoms with E-state index < -0.39 is 11.9 Å².